The van der Waals surface area contributed by atoms with Gasteiger partial charge >= 0.3 is 0 Å². The van der Waals surface area contributed by atoms with Gasteiger partial charge in [-0.2, -0.15) is 5.10 Å². The molecule has 1 aromatic heterocycles. The van der Waals surface area contributed by atoms with Crippen molar-refractivity contribution in [1.29, 1.82) is 0 Å². The van der Waals surface area contributed by atoms with E-state index < -0.39 is 0 Å². The molecule has 0 spiro atoms. The Labute approximate surface area is 171 Å². The summed E-state index contributed by atoms with van der Waals surface area (Å²) in [5, 5.41) is 6.24. The van der Waals surface area contributed by atoms with Crippen molar-refractivity contribution in [3.8, 4) is 11.4 Å². The summed E-state index contributed by atoms with van der Waals surface area (Å²) in [6, 6.07) is 15.6. The van der Waals surface area contributed by atoms with Crippen LogP contribution in [0.15, 0.2) is 48.5 Å². The Balaban J connectivity index is 1.80. The summed E-state index contributed by atoms with van der Waals surface area (Å²) in [6.07, 6.45) is 7.12. The fourth-order valence-electron chi connectivity index (χ4n) is 3.07. The van der Waals surface area contributed by atoms with Crippen molar-refractivity contribution in [2.75, 3.05) is 0 Å². The van der Waals surface area contributed by atoms with Crippen molar-refractivity contribution in [1.82, 2.24) is 14.8 Å². The molecule has 3 aromatic rings. The molecule has 0 fully saturated rings. The Morgan fingerprint density at radius 3 is 2.11 bits per heavy atom. The lowest BCUT2D eigenvalue weighted by Gasteiger charge is -2.06. The van der Waals surface area contributed by atoms with E-state index >= 15 is 0 Å². The largest absolute Gasteiger partial charge is 0.241 e. The van der Waals surface area contributed by atoms with Crippen LogP contribution in [0.1, 0.15) is 50.4 Å². The summed E-state index contributed by atoms with van der Waals surface area (Å²) in [6.45, 7) is 2.90. The van der Waals surface area contributed by atoms with E-state index in [4.69, 9.17) is 33.3 Å². The zero-order valence-electron chi connectivity index (χ0n) is 15.7. The average molecular weight is 402 g/mol. The minimum atomic E-state index is 0.665. The maximum absolute atomic E-state index is 6.04. The van der Waals surface area contributed by atoms with Crippen LogP contribution in [0.2, 0.25) is 10.0 Å². The van der Waals surface area contributed by atoms with E-state index in [0.29, 0.717) is 6.54 Å². The van der Waals surface area contributed by atoms with E-state index in [-0.39, 0.29) is 0 Å². The SMILES string of the molecule is CCCCCCCc1nc(-c2ccc(Cl)cc2)n(Cc2ccc(Cl)cc2)n1. The molecular weight excluding hydrogens is 377 g/mol. The number of hydrogen-bond donors (Lipinski definition) is 0. The Morgan fingerprint density at radius 1 is 0.815 bits per heavy atom. The second-order valence-electron chi connectivity index (χ2n) is 6.81. The van der Waals surface area contributed by atoms with Crippen LogP contribution < -0.4 is 0 Å². The average Bonchev–Trinajstić information content (AvgIpc) is 3.07. The molecule has 27 heavy (non-hydrogen) atoms. The predicted molar refractivity (Wildman–Crippen MR) is 113 cm³/mol. The third-order valence-electron chi connectivity index (χ3n) is 4.57. The van der Waals surface area contributed by atoms with Crippen LogP contribution in [0.5, 0.6) is 0 Å². The summed E-state index contributed by atoms with van der Waals surface area (Å²) in [5.74, 6) is 1.79. The molecule has 142 valence electrons. The van der Waals surface area contributed by atoms with E-state index in [2.05, 4.69) is 6.92 Å². The number of benzene rings is 2. The molecule has 2 aromatic carbocycles. The zero-order chi connectivity index (χ0) is 19.1. The first kappa shape index (κ1) is 19.9. The van der Waals surface area contributed by atoms with Gasteiger partial charge in [-0.3, -0.25) is 0 Å². The number of halogens is 2. The second-order valence-corrected chi connectivity index (χ2v) is 7.68. The fourth-order valence-corrected chi connectivity index (χ4v) is 3.32. The van der Waals surface area contributed by atoms with Crippen LogP contribution >= 0.6 is 23.2 Å². The lowest BCUT2D eigenvalue weighted by Crippen LogP contribution is -2.04. The quantitative estimate of drug-likeness (QED) is 0.368. The minimum absolute atomic E-state index is 0.665. The molecule has 0 bridgehead atoms. The smallest absolute Gasteiger partial charge is 0.158 e. The van der Waals surface area contributed by atoms with Gasteiger partial charge in [-0.05, 0) is 48.4 Å². The number of aromatic nitrogens is 3. The fraction of sp³-hybridized carbons (Fsp3) is 0.364. The van der Waals surface area contributed by atoms with Gasteiger partial charge in [0.05, 0.1) is 6.54 Å². The molecule has 0 aliphatic carbocycles. The Hall–Kier alpha value is -1.84. The van der Waals surface area contributed by atoms with Crippen LogP contribution in [0.3, 0.4) is 0 Å². The van der Waals surface area contributed by atoms with Crippen LogP contribution in [0.4, 0.5) is 0 Å². The molecule has 0 atom stereocenters. The molecule has 0 radical (unpaired) electrons. The van der Waals surface area contributed by atoms with Crippen LogP contribution in [-0.4, -0.2) is 14.8 Å². The predicted octanol–water partition coefficient (Wildman–Crippen LogP) is 6.81. The van der Waals surface area contributed by atoms with Gasteiger partial charge in [0.1, 0.15) is 0 Å². The van der Waals surface area contributed by atoms with Gasteiger partial charge in [0.2, 0.25) is 0 Å². The molecule has 3 nitrogen and oxygen atoms in total. The van der Waals surface area contributed by atoms with Gasteiger partial charge in [-0.15, -0.1) is 0 Å². The Bertz CT molecular complexity index is 839. The maximum Gasteiger partial charge on any atom is 0.158 e. The highest BCUT2D eigenvalue weighted by atomic mass is 35.5. The van der Waals surface area contributed by atoms with Crippen molar-refractivity contribution in [3.63, 3.8) is 0 Å². The van der Waals surface area contributed by atoms with Crippen molar-refractivity contribution < 1.29 is 0 Å². The normalized spacial score (nSPS) is 11.1. The van der Waals surface area contributed by atoms with E-state index in [0.717, 1.165) is 45.7 Å². The van der Waals surface area contributed by atoms with Gasteiger partial charge in [-0.25, -0.2) is 9.67 Å². The Morgan fingerprint density at radius 2 is 1.44 bits per heavy atom. The van der Waals surface area contributed by atoms with E-state index in [1.807, 2.05) is 53.2 Å². The topological polar surface area (TPSA) is 30.7 Å². The lowest BCUT2D eigenvalue weighted by molar-refractivity contribution is 0.614. The molecule has 0 amide bonds. The number of hydrogen-bond acceptors (Lipinski definition) is 2. The third-order valence-corrected chi connectivity index (χ3v) is 5.07. The third kappa shape index (κ3) is 5.82. The monoisotopic (exact) mass is 401 g/mol. The molecule has 3 rings (SSSR count). The number of nitrogens with zero attached hydrogens (tertiary/aromatic N) is 3. The van der Waals surface area contributed by atoms with Crippen molar-refractivity contribution in [2.24, 2.45) is 0 Å². The summed E-state index contributed by atoms with van der Waals surface area (Å²) in [4.78, 5) is 4.82. The highest BCUT2D eigenvalue weighted by Gasteiger charge is 2.12. The zero-order valence-corrected chi connectivity index (χ0v) is 17.2. The summed E-state index contributed by atoms with van der Waals surface area (Å²) in [7, 11) is 0. The first-order valence-electron chi connectivity index (χ1n) is 9.60. The van der Waals surface area contributed by atoms with E-state index in [9.17, 15) is 0 Å². The summed E-state index contributed by atoms with van der Waals surface area (Å²) < 4.78 is 1.98. The highest BCUT2D eigenvalue weighted by Crippen LogP contribution is 2.22. The molecular formula is C22H25Cl2N3. The first-order valence-corrected chi connectivity index (χ1v) is 10.4. The number of rotatable bonds is 9. The summed E-state index contributed by atoms with van der Waals surface area (Å²) >= 11 is 12.1. The van der Waals surface area contributed by atoms with Gasteiger partial charge in [0.25, 0.3) is 0 Å². The molecule has 0 aliphatic heterocycles. The van der Waals surface area contributed by atoms with Crippen molar-refractivity contribution in [3.05, 3.63) is 70.0 Å². The molecule has 0 aliphatic rings. The van der Waals surface area contributed by atoms with Crippen molar-refractivity contribution in [2.45, 2.75) is 52.0 Å². The molecule has 0 N–H and O–H groups in total. The highest BCUT2D eigenvalue weighted by molar-refractivity contribution is 6.30. The van der Waals surface area contributed by atoms with E-state index in [1.54, 1.807) is 0 Å². The minimum Gasteiger partial charge on any atom is -0.241 e. The maximum atomic E-state index is 6.04. The second kappa shape index (κ2) is 9.91. The summed E-state index contributed by atoms with van der Waals surface area (Å²) in [5.41, 5.74) is 2.17. The van der Waals surface area contributed by atoms with Gasteiger partial charge < -0.3 is 0 Å². The van der Waals surface area contributed by atoms with Gasteiger partial charge in [0, 0.05) is 22.0 Å². The van der Waals surface area contributed by atoms with Crippen LogP contribution in [0.25, 0.3) is 11.4 Å². The first-order chi connectivity index (χ1) is 13.2. The lowest BCUT2D eigenvalue weighted by atomic mass is 10.1. The van der Waals surface area contributed by atoms with Crippen LogP contribution in [-0.2, 0) is 13.0 Å². The van der Waals surface area contributed by atoms with Gasteiger partial charge in [-0.1, -0.05) is 67.9 Å². The molecule has 0 saturated carbocycles. The number of aryl methyl sites for hydroxylation is 1. The number of unbranched alkanes of at least 4 members (excludes halogenated alkanes) is 4. The van der Waals surface area contributed by atoms with E-state index in [1.165, 1.54) is 25.7 Å². The molecule has 0 unspecified atom stereocenters. The van der Waals surface area contributed by atoms with Crippen LogP contribution in [0, 0.1) is 0 Å². The standard InChI is InChI=1S/C22H25Cl2N3/c1-2-3-4-5-6-7-21-25-22(18-10-14-20(24)15-11-18)27(26-21)16-17-8-12-19(23)13-9-17/h8-15H,2-7,16H2,1H3. The van der Waals surface area contributed by atoms with Crippen molar-refractivity contribution >= 4 is 23.2 Å². The molecule has 5 heteroatoms. The van der Waals surface area contributed by atoms with Gasteiger partial charge in [0.15, 0.2) is 11.6 Å². The molecule has 1 heterocycles. The Kier molecular flexibility index (Phi) is 7.31. The molecule has 0 saturated heterocycles.